The summed E-state index contributed by atoms with van der Waals surface area (Å²) in [6.07, 6.45) is 20.9. The van der Waals surface area contributed by atoms with E-state index < -0.39 is 0 Å². The SMILES string of the molecule is C#Cc1ccc(C(=O)Nc2ccc3c(c2)O/C=C\O/C=C\O/C=C\Oc2ccccc2O/C=C\O/C=C\O/C=C\O3)cc1. The van der Waals surface area contributed by atoms with Gasteiger partial charge in [0, 0.05) is 22.9 Å². The van der Waals surface area contributed by atoms with Crippen LogP contribution in [0.4, 0.5) is 5.69 Å². The zero-order valence-electron chi connectivity index (χ0n) is 22.5. The molecule has 0 unspecified atom stereocenters. The van der Waals surface area contributed by atoms with Crippen molar-refractivity contribution in [3.8, 4) is 35.3 Å². The molecule has 0 saturated heterocycles. The van der Waals surface area contributed by atoms with Crippen LogP contribution in [-0.4, -0.2) is 5.91 Å². The number of hydrogen-bond acceptors (Lipinski definition) is 9. The number of hydrogen-bond donors (Lipinski definition) is 1. The van der Waals surface area contributed by atoms with Crippen LogP contribution in [0.5, 0.6) is 23.0 Å². The molecule has 1 N–H and O–H groups in total. The third-order valence-corrected chi connectivity index (χ3v) is 5.11. The van der Waals surface area contributed by atoms with Crippen LogP contribution < -0.4 is 24.3 Å². The first kappa shape index (κ1) is 29.5. The third-order valence-electron chi connectivity index (χ3n) is 5.11. The van der Waals surface area contributed by atoms with Crippen molar-refractivity contribution in [1.82, 2.24) is 0 Å². The molecule has 0 bridgehead atoms. The van der Waals surface area contributed by atoms with Crippen molar-refractivity contribution < 1.29 is 42.7 Å². The molecule has 0 atom stereocenters. The first-order chi connectivity index (χ1) is 21.2. The summed E-state index contributed by atoms with van der Waals surface area (Å²) in [6, 6.07) is 18.5. The lowest BCUT2D eigenvalue weighted by atomic mass is 10.1. The number of ether oxygens (including phenoxy) is 8. The molecule has 0 aromatic heterocycles. The summed E-state index contributed by atoms with van der Waals surface area (Å²) < 4.78 is 43.2. The van der Waals surface area contributed by atoms with Gasteiger partial charge in [-0.25, -0.2) is 0 Å². The second-order valence-electron chi connectivity index (χ2n) is 7.93. The smallest absolute Gasteiger partial charge is 0.255 e. The number of para-hydroxylation sites is 2. The molecule has 1 heterocycles. The monoisotopic (exact) mass is 579 g/mol. The minimum atomic E-state index is -0.328. The zero-order valence-corrected chi connectivity index (χ0v) is 22.5. The topological polar surface area (TPSA) is 103 Å². The standard InChI is InChI=1S/C33H25NO9/c1-2-26-7-9-27(10-8-26)33(35)34-28-11-12-31-32(25-28)43-24-20-39-16-15-37-18-22-41-30-6-4-3-5-29(30)40-21-17-36-13-14-38-19-23-42-31/h1,3-25H,(H,34,35)/b14-13-,16-15-,21-17-,22-18-,23-19-,24-20-. The fraction of sp³-hybridized carbons (Fsp3) is 0. The number of anilines is 1. The molecule has 0 spiro atoms. The van der Waals surface area contributed by atoms with Crippen LogP contribution in [0, 0.1) is 12.3 Å². The van der Waals surface area contributed by atoms with Gasteiger partial charge in [0.25, 0.3) is 5.91 Å². The highest BCUT2D eigenvalue weighted by Gasteiger charge is 2.10. The lowest BCUT2D eigenvalue weighted by Gasteiger charge is -2.11. The quantitative estimate of drug-likeness (QED) is 0.320. The molecular formula is C33H25NO9. The number of terminal acetylenes is 1. The second-order valence-corrected chi connectivity index (χ2v) is 7.93. The van der Waals surface area contributed by atoms with Gasteiger partial charge in [0.15, 0.2) is 23.0 Å². The molecule has 0 aliphatic carbocycles. The largest absolute Gasteiger partial charge is 0.466 e. The number of carbonyl (C=O) groups is 1. The minimum Gasteiger partial charge on any atom is -0.466 e. The number of carbonyl (C=O) groups excluding carboxylic acids is 1. The summed E-state index contributed by atoms with van der Waals surface area (Å²) in [4.78, 5) is 12.7. The Morgan fingerprint density at radius 2 is 0.977 bits per heavy atom. The van der Waals surface area contributed by atoms with Crippen LogP contribution in [0.25, 0.3) is 0 Å². The number of rotatable bonds is 2. The second kappa shape index (κ2) is 16.6. The van der Waals surface area contributed by atoms with Gasteiger partial charge in [-0.05, 0) is 48.5 Å². The zero-order chi connectivity index (χ0) is 30.0. The van der Waals surface area contributed by atoms with Gasteiger partial charge in [-0.3, -0.25) is 4.79 Å². The van der Waals surface area contributed by atoms with Gasteiger partial charge in [0.2, 0.25) is 0 Å². The van der Waals surface area contributed by atoms with E-state index in [1.165, 1.54) is 75.1 Å². The third kappa shape index (κ3) is 9.90. The first-order valence-electron chi connectivity index (χ1n) is 12.5. The Bertz CT molecular complexity index is 1580. The Morgan fingerprint density at radius 3 is 1.47 bits per heavy atom. The van der Waals surface area contributed by atoms with E-state index in [1.54, 1.807) is 66.7 Å². The fourth-order valence-corrected chi connectivity index (χ4v) is 3.18. The van der Waals surface area contributed by atoms with E-state index in [-0.39, 0.29) is 11.7 Å². The molecule has 3 aromatic rings. The molecule has 1 amide bonds. The van der Waals surface area contributed by atoms with Crippen LogP contribution in [0.1, 0.15) is 15.9 Å². The number of benzene rings is 3. The highest BCUT2D eigenvalue weighted by atomic mass is 16.5. The highest BCUT2D eigenvalue weighted by Crippen LogP contribution is 2.31. The molecule has 4 rings (SSSR count). The van der Waals surface area contributed by atoms with Crippen molar-refractivity contribution in [2.45, 2.75) is 0 Å². The van der Waals surface area contributed by atoms with Gasteiger partial charge in [-0.15, -0.1) is 6.42 Å². The van der Waals surface area contributed by atoms with E-state index in [0.29, 0.717) is 34.1 Å². The molecule has 1 aliphatic heterocycles. The summed E-state index contributed by atoms with van der Waals surface area (Å²) >= 11 is 0. The van der Waals surface area contributed by atoms with Gasteiger partial charge >= 0.3 is 0 Å². The predicted octanol–water partition coefficient (Wildman–Crippen LogP) is 7.04. The summed E-state index contributed by atoms with van der Waals surface area (Å²) in [5.41, 5.74) is 1.57. The Hall–Kier alpha value is -6.47. The maximum absolute atomic E-state index is 12.7. The lowest BCUT2D eigenvalue weighted by Crippen LogP contribution is -2.11. The van der Waals surface area contributed by atoms with E-state index in [2.05, 4.69) is 11.2 Å². The maximum atomic E-state index is 12.7. The molecule has 1 aliphatic rings. The number of fused-ring (bicyclic) bond motifs is 2. The van der Waals surface area contributed by atoms with Crippen LogP contribution in [0.2, 0.25) is 0 Å². The van der Waals surface area contributed by atoms with Crippen LogP contribution in [-0.2, 0) is 18.9 Å². The van der Waals surface area contributed by atoms with E-state index in [1.807, 2.05) is 0 Å². The van der Waals surface area contributed by atoms with Gasteiger partial charge in [0.1, 0.15) is 75.1 Å². The Balaban J connectivity index is 1.44. The Kier molecular flexibility index (Phi) is 11.4. The molecule has 10 heteroatoms. The fourth-order valence-electron chi connectivity index (χ4n) is 3.18. The molecule has 216 valence electrons. The van der Waals surface area contributed by atoms with Gasteiger partial charge in [-0.1, -0.05) is 18.1 Å². The summed E-state index contributed by atoms with van der Waals surface area (Å²) in [6.45, 7) is 0. The van der Waals surface area contributed by atoms with Crippen molar-refractivity contribution in [3.05, 3.63) is 153 Å². The Morgan fingerprint density at radius 1 is 0.535 bits per heavy atom. The molecule has 0 saturated carbocycles. The first-order valence-corrected chi connectivity index (χ1v) is 12.5. The summed E-state index contributed by atoms with van der Waals surface area (Å²) in [5, 5.41) is 2.81. The van der Waals surface area contributed by atoms with Crippen LogP contribution in [0.3, 0.4) is 0 Å². The average molecular weight is 580 g/mol. The Labute approximate surface area is 247 Å². The van der Waals surface area contributed by atoms with Crippen molar-refractivity contribution in [2.75, 3.05) is 5.32 Å². The number of amides is 1. The normalized spacial score (nSPS) is 17.7. The summed E-state index contributed by atoms with van der Waals surface area (Å²) in [7, 11) is 0. The van der Waals surface area contributed by atoms with Gasteiger partial charge in [-0.2, -0.15) is 0 Å². The maximum Gasteiger partial charge on any atom is 0.255 e. The van der Waals surface area contributed by atoms with E-state index >= 15 is 0 Å². The number of nitrogens with one attached hydrogen (secondary N) is 1. The molecule has 0 radical (unpaired) electrons. The van der Waals surface area contributed by atoms with Gasteiger partial charge < -0.3 is 43.2 Å². The van der Waals surface area contributed by atoms with E-state index in [0.717, 1.165) is 0 Å². The molecule has 3 aromatic carbocycles. The summed E-state index contributed by atoms with van der Waals surface area (Å²) in [5.74, 6) is 3.68. The van der Waals surface area contributed by atoms with Crippen molar-refractivity contribution in [3.63, 3.8) is 0 Å². The molecular weight excluding hydrogens is 554 g/mol. The minimum absolute atomic E-state index is 0.268. The van der Waals surface area contributed by atoms with Crippen molar-refractivity contribution in [2.24, 2.45) is 0 Å². The van der Waals surface area contributed by atoms with E-state index in [9.17, 15) is 4.79 Å². The lowest BCUT2D eigenvalue weighted by molar-refractivity contribution is 0.102. The van der Waals surface area contributed by atoms with E-state index in [4.69, 9.17) is 44.3 Å². The predicted molar refractivity (Wildman–Crippen MR) is 157 cm³/mol. The van der Waals surface area contributed by atoms with Crippen molar-refractivity contribution >= 4 is 11.6 Å². The van der Waals surface area contributed by atoms with Crippen molar-refractivity contribution in [1.29, 1.82) is 0 Å². The molecule has 0 fully saturated rings. The van der Waals surface area contributed by atoms with Crippen LogP contribution >= 0.6 is 0 Å². The molecule has 43 heavy (non-hydrogen) atoms. The van der Waals surface area contributed by atoms with Crippen LogP contribution in [0.15, 0.2) is 142 Å². The average Bonchev–Trinajstić information content (AvgIpc) is 3.03. The molecule has 10 nitrogen and oxygen atoms in total. The highest BCUT2D eigenvalue weighted by molar-refractivity contribution is 6.04. The van der Waals surface area contributed by atoms with Gasteiger partial charge in [0.05, 0.1) is 0 Å².